The Labute approximate surface area is 226 Å². The van der Waals surface area contributed by atoms with E-state index in [1.54, 1.807) is 6.92 Å². The molecule has 0 aromatic heterocycles. The summed E-state index contributed by atoms with van der Waals surface area (Å²) in [6.45, 7) is 3.13. The highest BCUT2D eigenvalue weighted by Gasteiger charge is 2.44. The molecule has 2 rings (SSSR count). The van der Waals surface area contributed by atoms with Crippen molar-refractivity contribution < 1.29 is 44.9 Å². The fourth-order valence-corrected chi connectivity index (χ4v) is 5.16. The molecule has 11 nitrogen and oxygen atoms in total. The number of amides is 1. The number of hydrogen-bond acceptors (Lipinski definition) is 10. The summed E-state index contributed by atoms with van der Waals surface area (Å²) in [6.07, 6.45) is 2.48. The van der Waals surface area contributed by atoms with Crippen LogP contribution in [0.2, 0.25) is 0 Å². The molecule has 0 spiro atoms. The monoisotopic (exact) mass is 548 g/mol. The second-order valence-electron chi connectivity index (χ2n) is 10.9. The molecule has 2 aliphatic heterocycles. The van der Waals surface area contributed by atoms with Crippen LogP contribution >= 0.6 is 0 Å². The molecule has 0 aromatic rings. The molecule has 0 saturated carbocycles. The van der Waals surface area contributed by atoms with Gasteiger partial charge in [0.1, 0.15) is 30.5 Å². The molecule has 0 bridgehead atoms. The Hall–Kier alpha value is -0.890. The third-order valence-electron chi connectivity index (χ3n) is 7.79. The minimum absolute atomic E-state index is 0.255. The van der Waals surface area contributed by atoms with E-state index in [1.807, 2.05) is 0 Å². The lowest BCUT2D eigenvalue weighted by Crippen LogP contribution is -2.60. The molecule has 0 radical (unpaired) electrons. The van der Waals surface area contributed by atoms with Crippen molar-refractivity contribution in [1.82, 2.24) is 10.6 Å². The van der Waals surface area contributed by atoms with Crippen LogP contribution in [0.5, 0.6) is 0 Å². The number of nitrogens with one attached hydrogen (secondary N) is 2. The van der Waals surface area contributed by atoms with Gasteiger partial charge in [-0.15, -0.1) is 0 Å². The van der Waals surface area contributed by atoms with Gasteiger partial charge in [0.25, 0.3) is 0 Å². The number of hydrogen-bond donors (Lipinski definition) is 8. The summed E-state index contributed by atoms with van der Waals surface area (Å²) in [5.41, 5.74) is 0. The molecule has 11 heteroatoms. The molecule has 8 N–H and O–H groups in total. The molecule has 1 amide bonds. The number of aliphatic hydroxyl groups is 6. The van der Waals surface area contributed by atoms with Gasteiger partial charge >= 0.3 is 0 Å². The zero-order chi connectivity index (χ0) is 27.9. The lowest BCUT2D eigenvalue weighted by Gasteiger charge is -2.40. The van der Waals surface area contributed by atoms with E-state index in [4.69, 9.17) is 9.47 Å². The molecule has 38 heavy (non-hydrogen) atoms. The third-order valence-corrected chi connectivity index (χ3v) is 7.79. The van der Waals surface area contributed by atoms with Gasteiger partial charge in [-0.05, 0) is 44.7 Å². The Morgan fingerprint density at radius 1 is 1.00 bits per heavy atom. The Morgan fingerprint density at radius 2 is 1.66 bits per heavy atom. The second-order valence-corrected chi connectivity index (χ2v) is 10.9. The minimum atomic E-state index is -1.60. The van der Waals surface area contributed by atoms with Gasteiger partial charge in [0.05, 0.1) is 25.4 Å². The largest absolute Gasteiger partial charge is 0.394 e. The van der Waals surface area contributed by atoms with Crippen LogP contribution in [0, 0.1) is 5.92 Å². The smallest absolute Gasteiger partial charge is 0.220 e. The first-order chi connectivity index (χ1) is 18.3. The summed E-state index contributed by atoms with van der Waals surface area (Å²) in [5.74, 6) is 0.586. The highest BCUT2D eigenvalue weighted by Crippen LogP contribution is 2.22. The predicted octanol–water partition coefficient (Wildman–Crippen LogP) is -0.0700. The quantitative estimate of drug-likeness (QED) is 0.102. The van der Waals surface area contributed by atoms with Crippen molar-refractivity contribution in [1.29, 1.82) is 0 Å². The summed E-state index contributed by atoms with van der Waals surface area (Å²) < 4.78 is 10.8. The molecule has 6 unspecified atom stereocenters. The Bertz CT molecular complexity index is 636. The van der Waals surface area contributed by atoms with Crippen molar-refractivity contribution in [3.8, 4) is 0 Å². The van der Waals surface area contributed by atoms with E-state index in [2.05, 4.69) is 10.6 Å². The molecule has 0 aliphatic carbocycles. The first kappa shape index (κ1) is 33.3. The van der Waals surface area contributed by atoms with Gasteiger partial charge in [-0.25, -0.2) is 0 Å². The fourth-order valence-electron chi connectivity index (χ4n) is 5.16. The highest BCUT2D eigenvalue weighted by atomic mass is 16.7. The number of ether oxygens (including phenoxy) is 2. The molecule has 2 saturated heterocycles. The van der Waals surface area contributed by atoms with Crippen LogP contribution in [0.1, 0.15) is 84.0 Å². The first-order valence-corrected chi connectivity index (χ1v) is 14.6. The average molecular weight is 549 g/mol. The summed E-state index contributed by atoms with van der Waals surface area (Å²) in [6, 6.07) is -0.982. The van der Waals surface area contributed by atoms with Crippen LogP contribution in [-0.2, 0) is 14.3 Å². The van der Waals surface area contributed by atoms with Crippen LogP contribution in [0.3, 0.4) is 0 Å². The van der Waals surface area contributed by atoms with Crippen molar-refractivity contribution in [3.05, 3.63) is 0 Å². The van der Waals surface area contributed by atoms with Crippen LogP contribution in [-0.4, -0.2) is 112 Å². The van der Waals surface area contributed by atoms with Crippen LogP contribution in [0.4, 0.5) is 0 Å². The zero-order valence-electron chi connectivity index (χ0n) is 22.9. The Morgan fingerprint density at radius 3 is 2.26 bits per heavy atom. The fraction of sp³-hybridized carbons (Fsp3) is 0.963. The van der Waals surface area contributed by atoms with Gasteiger partial charge in [-0.1, -0.05) is 51.9 Å². The molecule has 2 heterocycles. The lowest BCUT2D eigenvalue weighted by atomic mass is 9.99. The minimum Gasteiger partial charge on any atom is -0.394 e. The van der Waals surface area contributed by atoms with Gasteiger partial charge in [-0.2, -0.15) is 0 Å². The maximum atomic E-state index is 12.5. The summed E-state index contributed by atoms with van der Waals surface area (Å²) >= 11 is 0. The third kappa shape index (κ3) is 11.3. The van der Waals surface area contributed by atoms with E-state index >= 15 is 0 Å². The van der Waals surface area contributed by atoms with E-state index in [0.717, 1.165) is 25.2 Å². The predicted molar refractivity (Wildman–Crippen MR) is 141 cm³/mol. The average Bonchev–Trinajstić information content (AvgIpc) is 3.44. The number of unbranched alkanes of at least 4 members (excludes halogenated alkanes) is 7. The molecule has 9 atom stereocenters. The van der Waals surface area contributed by atoms with Gasteiger partial charge in [-0.3, -0.25) is 4.79 Å². The van der Waals surface area contributed by atoms with E-state index in [1.165, 1.54) is 51.6 Å². The number of carbonyl (C=O) groups is 1. The van der Waals surface area contributed by atoms with Crippen LogP contribution < -0.4 is 10.6 Å². The normalized spacial score (nSPS) is 30.2. The van der Waals surface area contributed by atoms with Crippen molar-refractivity contribution >= 4 is 5.91 Å². The number of rotatable bonds is 19. The Balaban J connectivity index is 1.66. The van der Waals surface area contributed by atoms with Crippen LogP contribution in [0.15, 0.2) is 0 Å². The van der Waals surface area contributed by atoms with Crippen molar-refractivity contribution in [2.45, 2.75) is 133 Å². The number of carbonyl (C=O) groups excluding carboxylic acids is 1. The zero-order valence-corrected chi connectivity index (χ0v) is 22.9. The van der Waals surface area contributed by atoms with Gasteiger partial charge in [0.15, 0.2) is 6.29 Å². The molecular weight excluding hydrogens is 496 g/mol. The first-order valence-electron chi connectivity index (χ1n) is 14.6. The molecule has 224 valence electrons. The van der Waals surface area contributed by atoms with E-state index in [-0.39, 0.29) is 25.4 Å². The van der Waals surface area contributed by atoms with Crippen molar-refractivity contribution in [2.24, 2.45) is 5.92 Å². The topological polar surface area (TPSA) is 181 Å². The van der Waals surface area contributed by atoms with Gasteiger partial charge in [0.2, 0.25) is 5.91 Å². The summed E-state index contributed by atoms with van der Waals surface area (Å²) in [4.78, 5) is 12.5. The molecule has 0 aromatic carbocycles. The second kappa shape index (κ2) is 18.5. The van der Waals surface area contributed by atoms with Gasteiger partial charge in [0, 0.05) is 6.42 Å². The molecule has 2 aliphatic rings. The SMILES string of the molecule is CC[C@@H](O)[C@@H](O)[C@H](COC1OC(CO)C(O)C(O)C1O)NC(=O)CCCCCCCCCCC1CCNC1. The Kier molecular flexibility index (Phi) is 16.2. The van der Waals surface area contributed by atoms with E-state index in [0.29, 0.717) is 6.42 Å². The summed E-state index contributed by atoms with van der Waals surface area (Å²) in [5, 5.41) is 66.1. The molecular formula is C27H52N2O9. The van der Waals surface area contributed by atoms with E-state index < -0.39 is 55.6 Å². The maximum Gasteiger partial charge on any atom is 0.220 e. The van der Waals surface area contributed by atoms with Crippen molar-refractivity contribution in [2.75, 3.05) is 26.3 Å². The maximum absolute atomic E-state index is 12.5. The van der Waals surface area contributed by atoms with E-state index in [9.17, 15) is 35.4 Å². The van der Waals surface area contributed by atoms with Gasteiger partial charge < -0.3 is 50.7 Å². The van der Waals surface area contributed by atoms with Crippen molar-refractivity contribution in [3.63, 3.8) is 0 Å². The molecule has 2 fully saturated rings. The standard InChI is InChI=1S/C27H52N2O9/c1-2-20(31)23(33)19(17-37-27-26(36)25(35)24(34)21(16-30)38-27)29-22(32)12-10-8-6-4-3-5-7-9-11-18-13-14-28-15-18/h18-21,23-28,30-31,33-36H,2-17H2,1H3,(H,29,32)/t18?,19-,20+,21?,23-,24?,25?,26?,27?/m0/s1. The van der Waals surface area contributed by atoms with Crippen LogP contribution in [0.25, 0.3) is 0 Å². The summed E-state index contributed by atoms with van der Waals surface area (Å²) in [7, 11) is 0. The highest BCUT2D eigenvalue weighted by molar-refractivity contribution is 5.76. The number of aliphatic hydroxyl groups excluding tert-OH is 6. The lowest BCUT2D eigenvalue weighted by molar-refractivity contribution is -0.303.